The van der Waals surface area contributed by atoms with Gasteiger partial charge in [0.1, 0.15) is 28.9 Å². The summed E-state index contributed by atoms with van der Waals surface area (Å²) in [4.78, 5) is 33.1. The molecule has 0 radical (unpaired) electrons. The number of nitrogens with zero attached hydrogens (tertiary/aromatic N) is 5. The Kier molecular flexibility index (Phi) is 4.36. The lowest BCUT2D eigenvalue weighted by atomic mass is 10.2. The second-order valence-electron chi connectivity index (χ2n) is 6.46. The van der Waals surface area contributed by atoms with Gasteiger partial charge in [0.25, 0.3) is 5.56 Å². The van der Waals surface area contributed by atoms with Gasteiger partial charge >= 0.3 is 0 Å². The van der Waals surface area contributed by atoms with Crippen molar-refractivity contribution in [2.45, 2.75) is 6.54 Å². The van der Waals surface area contributed by atoms with Gasteiger partial charge in [0.15, 0.2) is 11.5 Å². The molecule has 0 aliphatic rings. The van der Waals surface area contributed by atoms with E-state index >= 15 is 0 Å². The van der Waals surface area contributed by atoms with E-state index in [0.717, 1.165) is 0 Å². The van der Waals surface area contributed by atoms with Gasteiger partial charge in [-0.3, -0.25) is 9.36 Å². The van der Waals surface area contributed by atoms with Gasteiger partial charge in [0.05, 0.1) is 24.1 Å². The molecule has 0 saturated heterocycles. The zero-order valence-corrected chi connectivity index (χ0v) is 16.1. The third kappa shape index (κ3) is 3.05. The van der Waals surface area contributed by atoms with Gasteiger partial charge in [-0.05, 0) is 30.3 Å². The van der Waals surface area contributed by atoms with Crippen LogP contribution in [0.4, 0.5) is 10.2 Å². The summed E-state index contributed by atoms with van der Waals surface area (Å²) < 4.78 is 15.8. The number of hydrogen-bond donors (Lipinski definition) is 2. The van der Waals surface area contributed by atoms with Gasteiger partial charge in [-0.15, -0.1) is 0 Å². The van der Waals surface area contributed by atoms with Crippen molar-refractivity contribution in [1.82, 2.24) is 29.5 Å². The molecule has 2 N–H and O–H groups in total. The molecule has 2 aromatic carbocycles. The summed E-state index contributed by atoms with van der Waals surface area (Å²) in [5, 5.41) is 3.51. The van der Waals surface area contributed by atoms with Gasteiger partial charge in [-0.25, -0.2) is 24.3 Å². The molecule has 0 spiro atoms. The molecule has 0 amide bonds. The highest BCUT2D eigenvalue weighted by atomic mass is 35.5. The van der Waals surface area contributed by atoms with Crippen LogP contribution in [0.15, 0.2) is 59.9 Å². The minimum atomic E-state index is -0.629. The maximum Gasteiger partial charge on any atom is 0.269 e. The van der Waals surface area contributed by atoms with Crippen molar-refractivity contribution in [2.24, 2.45) is 0 Å². The SMILES string of the molecule is O=c1c2c(F)cccc2nc(CNc2ncnc3nc[nH]c23)n1-c1cccc(Cl)c1. The predicted molar refractivity (Wildman–Crippen MR) is 111 cm³/mol. The van der Waals surface area contributed by atoms with E-state index < -0.39 is 11.4 Å². The van der Waals surface area contributed by atoms with E-state index in [1.54, 1.807) is 30.3 Å². The quantitative estimate of drug-likeness (QED) is 0.461. The molecule has 0 unspecified atom stereocenters. The third-order valence-corrected chi connectivity index (χ3v) is 4.85. The number of anilines is 1. The lowest BCUT2D eigenvalue weighted by molar-refractivity contribution is 0.636. The molecule has 8 nitrogen and oxygen atoms in total. The summed E-state index contributed by atoms with van der Waals surface area (Å²) >= 11 is 6.12. The van der Waals surface area contributed by atoms with Gasteiger partial charge in [0, 0.05) is 5.02 Å². The molecule has 5 aromatic rings. The van der Waals surface area contributed by atoms with Gasteiger partial charge in [-0.1, -0.05) is 23.7 Å². The summed E-state index contributed by atoms with van der Waals surface area (Å²) in [5.74, 6) is 0.241. The number of rotatable bonds is 4. The van der Waals surface area contributed by atoms with Crippen LogP contribution in [0.1, 0.15) is 5.82 Å². The summed E-state index contributed by atoms with van der Waals surface area (Å²) in [6.45, 7) is 0.138. The van der Waals surface area contributed by atoms with Crippen LogP contribution in [0.3, 0.4) is 0 Å². The highest BCUT2D eigenvalue weighted by molar-refractivity contribution is 6.30. The Morgan fingerprint density at radius 3 is 2.87 bits per heavy atom. The largest absolute Gasteiger partial charge is 0.361 e. The lowest BCUT2D eigenvalue weighted by Gasteiger charge is -2.15. The molecule has 3 aromatic heterocycles. The molecule has 148 valence electrons. The Bertz CT molecular complexity index is 1460. The van der Waals surface area contributed by atoms with E-state index in [1.165, 1.54) is 29.4 Å². The van der Waals surface area contributed by atoms with E-state index in [1.807, 2.05) is 0 Å². The number of nitrogens with one attached hydrogen (secondary N) is 2. The molecule has 5 rings (SSSR count). The smallest absolute Gasteiger partial charge is 0.269 e. The Balaban J connectivity index is 1.67. The van der Waals surface area contributed by atoms with Crippen LogP contribution in [0.25, 0.3) is 27.8 Å². The second kappa shape index (κ2) is 7.20. The average molecular weight is 422 g/mol. The third-order valence-electron chi connectivity index (χ3n) is 4.62. The van der Waals surface area contributed by atoms with Crippen molar-refractivity contribution in [3.05, 3.63) is 82.1 Å². The number of aromatic amines is 1. The maximum atomic E-state index is 14.4. The van der Waals surface area contributed by atoms with Crippen LogP contribution in [-0.2, 0) is 6.54 Å². The maximum absolute atomic E-state index is 14.4. The van der Waals surface area contributed by atoms with E-state index in [-0.39, 0.29) is 17.4 Å². The number of aromatic nitrogens is 6. The number of halogens is 2. The number of H-pyrrole nitrogens is 1. The number of hydrogen-bond acceptors (Lipinski definition) is 6. The van der Waals surface area contributed by atoms with Crippen LogP contribution in [0.5, 0.6) is 0 Å². The van der Waals surface area contributed by atoms with E-state index in [0.29, 0.717) is 33.5 Å². The van der Waals surface area contributed by atoms with E-state index in [4.69, 9.17) is 11.6 Å². The van der Waals surface area contributed by atoms with Crippen LogP contribution >= 0.6 is 11.6 Å². The van der Waals surface area contributed by atoms with Gasteiger partial charge in [0.2, 0.25) is 0 Å². The zero-order valence-electron chi connectivity index (χ0n) is 15.3. The summed E-state index contributed by atoms with van der Waals surface area (Å²) in [5.41, 5.74) is 1.36. The van der Waals surface area contributed by atoms with Crippen molar-refractivity contribution in [3.8, 4) is 5.69 Å². The van der Waals surface area contributed by atoms with Crippen LogP contribution < -0.4 is 10.9 Å². The molecule has 3 heterocycles. The fourth-order valence-electron chi connectivity index (χ4n) is 3.30. The summed E-state index contributed by atoms with van der Waals surface area (Å²) in [6, 6.07) is 11.1. The number of imidazole rings is 1. The molecule has 0 bridgehead atoms. The first-order valence-electron chi connectivity index (χ1n) is 8.96. The Morgan fingerprint density at radius 2 is 2.00 bits per heavy atom. The Hall–Kier alpha value is -3.85. The molecule has 0 aliphatic carbocycles. The minimum absolute atomic E-state index is 0.0841. The van der Waals surface area contributed by atoms with Crippen LogP contribution in [0, 0.1) is 5.82 Å². The minimum Gasteiger partial charge on any atom is -0.361 e. The molecule has 0 fully saturated rings. The average Bonchev–Trinajstić information content (AvgIpc) is 3.21. The lowest BCUT2D eigenvalue weighted by Crippen LogP contribution is -2.26. The predicted octanol–water partition coefficient (Wildman–Crippen LogP) is 3.46. The molecule has 10 heteroatoms. The van der Waals surface area contributed by atoms with E-state index in [2.05, 4.69) is 30.2 Å². The highest BCUT2D eigenvalue weighted by Gasteiger charge is 2.16. The first kappa shape index (κ1) is 18.2. The first-order chi connectivity index (χ1) is 14.6. The first-order valence-corrected chi connectivity index (χ1v) is 9.33. The van der Waals surface area contributed by atoms with Crippen molar-refractivity contribution < 1.29 is 4.39 Å². The molecular formula is C20H13ClFN7O. The van der Waals surface area contributed by atoms with Gasteiger partial charge in [-0.2, -0.15) is 0 Å². The molecule has 0 atom stereocenters. The number of fused-ring (bicyclic) bond motifs is 2. The summed E-state index contributed by atoms with van der Waals surface area (Å²) in [6.07, 6.45) is 2.90. The monoisotopic (exact) mass is 421 g/mol. The van der Waals surface area contributed by atoms with Crippen LogP contribution in [-0.4, -0.2) is 29.5 Å². The fourth-order valence-corrected chi connectivity index (χ4v) is 3.48. The van der Waals surface area contributed by atoms with E-state index in [9.17, 15) is 9.18 Å². The highest BCUT2D eigenvalue weighted by Crippen LogP contribution is 2.20. The van der Waals surface area contributed by atoms with Crippen molar-refractivity contribution in [2.75, 3.05) is 5.32 Å². The van der Waals surface area contributed by atoms with Crippen molar-refractivity contribution >= 4 is 39.5 Å². The van der Waals surface area contributed by atoms with Gasteiger partial charge < -0.3 is 10.3 Å². The molecule has 0 aliphatic heterocycles. The van der Waals surface area contributed by atoms with Crippen molar-refractivity contribution in [3.63, 3.8) is 0 Å². The Morgan fingerprint density at radius 1 is 1.13 bits per heavy atom. The van der Waals surface area contributed by atoms with Crippen LogP contribution in [0.2, 0.25) is 5.02 Å². The Labute approximate surface area is 173 Å². The molecule has 30 heavy (non-hydrogen) atoms. The zero-order chi connectivity index (χ0) is 20.7. The fraction of sp³-hybridized carbons (Fsp3) is 0.0500. The molecular weight excluding hydrogens is 409 g/mol. The summed E-state index contributed by atoms with van der Waals surface area (Å²) in [7, 11) is 0. The normalized spacial score (nSPS) is 11.3. The number of benzene rings is 2. The standard InChI is InChI=1S/C20H13ClFN7O/c21-11-3-1-4-12(7-11)29-15(28-14-6-2-5-13(22)16(14)20(29)30)8-23-18-17-19(25-9-24-17)27-10-26-18/h1-7,9-10H,8H2,(H2,23,24,25,26,27). The second-order valence-corrected chi connectivity index (χ2v) is 6.90. The molecule has 0 saturated carbocycles. The van der Waals surface area contributed by atoms with Crippen molar-refractivity contribution in [1.29, 1.82) is 0 Å². The topological polar surface area (TPSA) is 101 Å².